The molecule has 1 aromatic rings. The minimum absolute atomic E-state index is 0.184. The molecule has 0 bridgehead atoms. The number of hydrogen-bond acceptors (Lipinski definition) is 4. The second-order valence-electron chi connectivity index (χ2n) is 6.03. The molecule has 1 saturated carbocycles. The SMILES string of the molecule is Cc1ccc(SCCC(=O)OC(C)C(=O)NC2CCCC2)cc1. The number of carbonyl (C=O) groups excluding carboxylic acids is 2. The van der Waals surface area contributed by atoms with Gasteiger partial charge >= 0.3 is 5.97 Å². The zero-order chi connectivity index (χ0) is 16.7. The van der Waals surface area contributed by atoms with Crippen molar-refractivity contribution in [3.63, 3.8) is 0 Å². The van der Waals surface area contributed by atoms with E-state index in [9.17, 15) is 9.59 Å². The highest BCUT2D eigenvalue weighted by Gasteiger charge is 2.22. The summed E-state index contributed by atoms with van der Waals surface area (Å²) in [5.41, 5.74) is 1.22. The van der Waals surface area contributed by atoms with Crippen molar-refractivity contribution in [2.24, 2.45) is 0 Å². The molecule has 2 rings (SSSR count). The Kier molecular flexibility index (Phi) is 6.96. The third kappa shape index (κ3) is 6.26. The maximum absolute atomic E-state index is 12.0. The Morgan fingerprint density at radius 1 is 1.26 bits per heavy atom. The quantitative estimate of drug-likeness (QED) is 0.612. The second-order valence-corrected chi connectivity index (χ2v) is 7.20. The van der Waals surface area contributed by atoms with Crippen molar-refractivity contribution in [3.05, 3.63) is 29.8 Å². The lowest BCUT2D eigenvalue weighted by atomic mass is 10.2. The molecule has 23 heavy (non-hydrogen) atoms. The Labute approximate surface area is 142 Å². The first-order valence-electron chi connectivity index (χ1n) is 8.24. The Bertz CT molecular complexity index is 524. The van der Waals surface area contributed by atoms with Gasteiger partial charge in [-0.05, 0) is 38.8 Å². The van der Waals surface area contributed by atoms with Gasteiger partial charge in [-0.25, -0.2) is 0 Å². The van der Waals surface area contributed by atoms with Crippen LogP contribution in [-0.2, 0) is 14.3 Å². The summed E-state index contributed by atoms with van der Waals surface area (Å²) >= 11 is 1.62. The van der Waals surface area contributed by atoms with E-state index in [-0.39, 0.29) is 17.9 Å². The number of amides is 1. The van der Waals surface area contributed by atoms with Crippen LogP contribution in [0.2, 0.25) is 0 Å². The molecule has 1 aliphatic carbocycles. The zero-order valence-electron chi connectivity index (χ0n) is 13.8. The molecule has 0 aliphatic heterocycles. The molecule has 0 spiro atoms. The van der Waals surface area contributed by atoms with Gasteiger partial charge in [0.15, 0.2) is 6.10 Å². The lowest BCUT2D eigenvalue weighted by molar-refractivity contribution is -0.154. The molecule has 5 heteroatoms. The predicted octanol–water partition coefficient (Wildman–Crippen LogP) is 3.47. The van der Waals surface area contributed by atoms with Crippen LogP contribution >= 0.6 is 11.8 Å². The van der Waals surface area contributed by atoms with Crippen LogP contribution in [0.4, 0.5) is 0 Å². The molecule has 1 atom stereocenters. The zero-order valence-corrected chi connectivity index (χ0v) is 14.7. The molecule has 0 saturated heterocycles. The average Bonchev–Trinajstić information content (AvgIpc) is 3.02. The van der Waals surface area contributed by atoms with Gasteiger partial charge in [0.1, 0.15) is 0 Å². The van der Waals surface area contributed by atoms with Gasteiger partial charge in [0.25, 0.3) is 5.91 Å². The van der Waals surface area contributed by atoms with Crippen molar-refractivity contribution in [1.29, 1.82) is 0 Å². The normalized spacial score (nSPS) is 16.1. The maximum Gasteiger partial charge on any atom is 0.307 e. The fraction of sp³-hybridized carbons (Fsp3) is 0.556. The lowest BCUT2D eigenvalue weighted by Gasteiger charge is -2.17. The van der Waals surface area contributed by atoms with E-state index in [0.717, 1.165) is 30.6 Å². The highest BCUT2D eigenvalue weighted by molar-refractivity contribution is 7.99. The van der Waals surface area contributed by atoms with Crippen LogP contribution in [0.3, 0.4) is 0 Å². The van der Waals surface area contributed by atoms with E-state index in [1.807, 2.05) is 19.1 Å². The van der Waals surface area contributed by atoms with Gasteiger partial charge in [0.05, 0.1) is 6.42 Å². The summed E-state index contributed by atoms with van der Waals surface area (Å²) in [5.74, 6) is 0.147. The summed E-state index contributed by atoms with van der Waals surface area (Å²) in [6, 6.07) is 8.44. The first kappa shape index (κ1) is 17.9. The molecule has 0 heterocycles. The molecule has 1 fully saturated rings. The van der Waals surface area contributed by atoms with Crippen LogP contribution in [0.1, 0.15) is 44.6 Å². The van der Waals surface area contributed by atoms with E-state index < -0.39 is 6.10 Å². The van der Waals surface area contributed by atoms with Crippen LogP contribution in [0, 0.1) is 6.92 Å². The minimum Gasteiger partial charge on any atom is -0.453 e. The van der Waals surface area contributed by atoms with E-state index in [1.165, 1.54) is 5.56 Å². The number of benzene rings is 1. The molecule has 126 valence electrons. The van der Waals surface area contributed by atoms with Crippen LogP contribution in [-0.4, -0.2) is 29.8 Å². The van der Waals surface area contributed by atoms with Crippen molar-refractivity contribution in [1.82, 2.24) is 5.32 Å². The third-order valence-electron chi connectivity index (χ3n) is 3.97. The molecular weight excluding hydrogens is 310 g/mol. The predicted molar refractivity (Wildman–Crippen MR) is 92.5 cm³/mol. The number of hydrogen-bond donors (Lipinski definition) is 1. The number of esters is 1. The van der Waals surface area contributed by atoms with Crippen LogP contribution in [0.25, 0.3) is 0 Å². The van der Waals surface area contributed by atoms with Gasteiger partial charge in [-0.1, -0.05) is 30.5 Å². The highest BCUT2D eigenvalue weighted by atomic mass is 32.2. The number of aryl methyl sites for hydroxylation is 1. The van der Waals surface area contributed by atoms with E-state index >= 15 is 0 Å². The Hall–Kier alpha value is -1.49. The van der Waals surface area contributed by atoms with E-state index in [2.05, 4.69) is 17.4 Å². The molecule has 1 N–H and O–H groups in total. The van der Waals surface area contributed by atoms with Crippen molar-refractivity contribution in [2.45, 2.75) is 63.0 Å². The van der Waals surface area contributed by atoms with E-state index in [4.69, 9.17) is 4.74 Å². The van der Waals surface area contributed by atoms with E-state index in [1.54, 1.807) is 18.7 Å². The smallest absolute Gasteiger partial charge is 0.307 e. The topological polar surface area (TPSA) is 55.4 Å². The summed E-state index contributed by atoms with van der Waals surface area (Å²) in [5, 5.41) is 2.95. The standard InChI is InChI=1S/C18H25NO3S/c1-13-7-9-16(10-8-13)23-12-11-17(20)22-14(2)18(21)19-15-5-3-4-6-15/h7-10,14-15H,3-6,11-12H2,1-2H3,(H,19,21). The molecule has 1 amide bonds. The van der Waals surface area contributed by atoms with Crippen LogP contribution < -0.4 is 5.32 Å². The highest BCUT2D eigenvalue weighted by Crippen LogP contribution is 2.20. The summed E-state index contributed by atoms with van der Waals surface area (Å²) in [6.07, 6.45) is 3.97. The fourth-order valence-electron chi connectivity index (χ4n) is 2.59. The van der Waals surface area contributed by atoms with Crippen molar-refractivity contribution in [3.8, 4) is 0 Å². The van der Waals surface area contributed by atoms with Gasteiger partial charge in [-0.15, -0.1) is 11.8 Å². The van der Waals surface area contributed by atoms with Crippen LogP contribution in [0.15, 0.2) is 29.2 Å². The Morgan fingerprint density at radius 3 is 2.57 bits per heavy atom. The fourth-order valence-corrected chi connectivity index (χ4v) is 3.42. The van der Waals surface area contributed by atoms with Gasteiger partial charge in [-0.2, -0.15) is 0 Å². The van der Waals surface area contributed by atoms with Crippen molar-refractivity contribution in [2.75, 3.05) is 5.75 Å². The number of carbonyl (C=O) groups is 2. The molecule has 1 aromatic carbocycles. The van der Waals surface area contributed by atoms with Gasteiger partial charge < -0.3 is 10.1 Å². The number of rotatable bonds is 7. The minimum atomic E-state index is -0.715. The Balaban J connectivity index is 1.65. The first-order chi connectivity index (χ1) is 11.0. The molecular formula is C18H25NO3S. The van der Waals surface area contributed by atoms with E-state index in [0.29, 0.717) is 12.2 Å². The van der Waals surface area contributed by atoms with Gasteiger partial charge in [0, 0.05) is 16.7 Å². The summed E-state index contributed by atoms with van der Waals surface area (Å²) in [6.45, 7) is 3.68. The maximum atomic E-state index is 12.0. The molecule has 1 aliphatic rings. The molecule has 0 radical (unpaired) electrons. The van der Waals surface area contributed by atoms with Gasteiger partial charge in [0.2, 0.25) is 0 Å². The third-order valence-corrected chi connectivity index (χ3v) is 4.99. The first-order valence-corrected chi connectivity index (χ1v) is 9.22. The number of thioether (sulfide) groups is 1. The molecule has 0 aromatic heterocycles. The van der Waals surface area contributed by atoms with Crippen molar-refractivity contribution < 1.29 is 14.3 Å². The van der Waals surface area contributed by atoms with Gasteiger partial charge in [-0.3, -0.25) is 9.59 Å². The monoisotopic (exact) mass is 335 g/mol. The molecule has 1 unspecified atom stereocenters. The number of ether oxygens (including phenoxy) is 1. The summed E-state index contributed by atoms with van der Waals surface area (Å²) in [7, 11) is 0. The lowest BCUT2D eigenvalue weighted by Crippen LogP contribution is -2.40. The van der Waals surface area contributed by atoms with Crippen LogP contribution in [0.5, 0.6) is 0 Å². The molecule has 4 nitrogen and oxygen atoms in total. The summed E-state index contributed by atoms with van der Waals surface area (Å²) < 4.78 is 5.22. The Morgan fingerprint density at radius 2 is 1.91 bits per heavy atom. The average molecular weight is 335 g/mol. The summed E-state index contributed by atoms with van der Waals surface area (Å²) in [4.78, 5) is 24.9. The second kappa shape index (κ2) is 8.96. The van der Waals surface area contributed by atoms with Crippen molar-refractivity contribution >= 4 is 23.6 Å². The number of nitrogens with one attached hydrogen (secondary N) is 1. The largest absolute Gasteiger partial charge is 0.453 e.